The number of amides is 2. The zero-order valence-corrected chi connectivity index (χ0v) is 13.4. The maximum Gasteiger partial charge on any atom is 0.408 e. The molecule has 0 bridgehead atoms. The molecule has 2 amide bonds. The smallest absolute Gasteiger partial charge is 0.408 e. The lowest BCUT2D eigenvalue weighted by Gasteiger charge is -2.46. The molecule has 1 saturated heterocycles. The van der Waals surface area contributed by atoms with Crippen LogP contribution >= 0.6 is 0 Å². The molecular weight excluding hydrogens is 276 g/mol. The van der Waals surface area contributed by atoms with Gasteiger partial charge in [0.15, 0.2) is 0 Å². The summed E-state index contributed by atoms with van der Waals surface area (Å²) in [6.45, 7) is 5.71. The van der Waals surface area contributed by atoms with Crippen LogP contribution < -0.4 is 0 Å². The molecule has 2 atom stereocenters. The molecule has 1 aliphatic heterocycles. The third kappa shape index (κ3) is 3.13. The lowest BCUT2D eigenvalue weighted by atomic mass is 9.70. The number of likely N-dealkylation sites (tertiary alicyclic amines) is 1. The van der Waals surface area contributed by atoms with Crippen molar-refractivity contribution in [2.45, 2.75) is 38.8 Å². The van der Waals surface area contributed by atoms with Gasteiger partial charge in [0.05, 0.1) is 25.9 Å². The van der Waals surface area contributed by atoms with Crippen LogP contribution in [0.15, 0.2) is 0 Å². The summed E-state index contributed by atoms with van der Waals surface area (Å²) < 4.78 is 5.49. The van der Waals surface area contributed by atoms with Gasteiger partial charge in [0, 0.05) is 20.5 Å². The highest BCUT2D eigenvalue weighted by molar-refractivity contribution is 5.91. The molecule has 0 aromatic carbocycles. The number of carboxylic acid groups (broad SMARTS) is 1. The van der Waals surface area contributed by atoms with Crippen molar-refractivity contribution in [2.24, 2.45) is 5.41 Å². The first-order chi connectivity index (χ1) is 9.57. The van der Waals surface area contributed by atoms with Crippen molar-refractivity contribution in [2.75, 3.05) is 33.9 Å². The van der Waals surface area contributed by atoms with Crippen molar-refractivity contribution < 1.29 is 24.5 Å². The fourth-order valence-corrected chi connectivity index (χ4v) is 3.04. The van der Waals surface area contributed by atoms with Gasteiger partial charge in [-0.05, 0) is 5.41 Å². The van der Waals surface area contributed by atoms with Gasteiger partial charge in [-0.25, -0.2) is 4.79 Å². The number of likely N-dealkylation sites (N-methyl/N-ethyl adjacent to an activating group) is 1. The number of hydrogen-bond acceptors (Lipinski definition) is 4. The maximum atomic E-state index is 12.8. The van der Waals surface area contributed by atoms with Gasteiger partial charge in [0.1, 0.15) is 5.54 Å². The molecule has 0 aliphatic carbocycles. The normalized spacial score (nSPS) is 26.0. The predicted molar refractivity (Wildman–Crippen MR) is 77.1 cm³/mol. The number of nitrogens with zero attached hydrogens (tertiary/aromatic N) is 2. The highest BCUT2D eigenvalue weighted by Crippen LogP contribution is 2.45. The van der Waals surface area contributed by atoms with Crippen LogP contribution in [0.2, 0.25) is 0 Å². The topological polar surface area (TPSA) is 90.3 Å². The first kappa shape index (κ1) is 17.7. The van der Waals surface area contributed by atoms with Gasteiger partial charge in [0.2, 0.25) is 5.91 Å². The summed E-state index contributed by atoms with van der Waals surface area (Å²) in [6.07, 6.45) is -1.23. The van der Waals surface area contributed by atoms with E-state index >= 15 is 0 Å². The second kappa shape index (κ2) is 6.19. The summed E-state index contributed by atoms with van der Waals surface area (Å²) in [7, 11) is 3.25. The number of aliphatic hydroxyl groups excluding tert-OH is 1. The van der Waals surface area contributed by atoms with Crippen LogP contribution in [-0.2, 0) is 9.53 Å². The van der Waals surface area contributed by atoms with Crippen LogP contribution in [0.4, 0.5) is 4.79 Å². The van der Waals surface area contributed by atoms with E-state index in [4.69, 9.17) is 9.84 Å². The van der Waals surface area contributed by atoms with Gasteiger partial charge in [-0.3, -0.25) is 9.69 Å². The van der Waals surface area contributed by atoms with E-state index in [-0.39, 0.29) is 25.7 Å². The Bertz CT molecular complexity index is 405. The van der Waals surface area contributed by atoms with E-state index in [0.29, 0.717) is 6.42 Å². The predicted octanol–water partition coefficient (Wildman–Crippen LogP) is 0.621. The Labute approximate surface area is 125 Å². The Balaban J connectivity index is 3.24. The van der Waals surface area contributed by atoms with Crippen LogP contribution in [0.25, 0.3) is 0 Å². The summed E-state index contributed by atoms with van der Waals surface area (Å²) in [5.41, 5.74) is -1.74. The van der Waals surface area contributed by atoms with Gasteiger partial charge >= 0.3 is 6.09 Å². The van der Waals surface area contributed by atoms with Crippen molar-refractivity contribution in [3.8, 4) is 0 Å². The molecule has 1 aliphatic rings. The molecule has 122 valence electrons. The molecule has 1 heterocycles. The van der Waals surface area contributed by atoms with Crippen LogP contribution in [0.1, 0.15) is 27.2 Å². The monoisotopic (exact) mass is 302 g/mol. The largest absolute Gasteiger partial charge is 0.465 e. The van der Waals surface area contributed by atoms with Crippen molar-refractivity contribution >= 4 is 12.0 Å². The molecule has 7 heteroatoms. The van der Waals surface area contributed by atoms with Gasteiger partial charge < -0.3 is 19.8 Å². The minimum atomic E-state index is -1.16. The summed E-state index contributed by atoms with van der Waals surface area (Å²) >= 11 is 0. The van der Waals surface area contributed by atoms with Gasteiger partial charge in [-0.2, -0.15) is 0 Å². The van der Waals surface area contributed by atoms with Crippen molar-refractivity contribution in [3.05, 3.63) is 0 Å². The Kier molecular flexibility index (Phi) is 5.22. The van der Waals surface area contributed by atoms with E-state index in [0.717, 1.165) is 0 Å². The zero-order chi connectivity index (χ0) is 16.4. The Morgan fingerprint density at radius 2 is 1.95 bits per heavy atom. The lowest BCUT2D eigenvalue weighted by molar-refractivity contribution is -0.146. The number of carbonyl (C=O) groups is 2. The van der Waals surface area contributed by atoms with E-state index in [2.05, 4.69) is 0 Å². The molecule has 0 aromatic heterocycles. The number of ether oxygens (including phenoxy) is 1. The molecule has 0 radical (unpaired) electrons. The summed E-state index contributed by atoms with van der Waals surface area (Å²) in [4.78, 5) is 27.0. The van der Waals surface area contributed by atoms with Crippen LogP contribution in [0.5, 0.6) is 0 Å². The molecule has 21 heavy (non-hydrogen) atoms. The number of rotatable bonds is 4. The van der Waals surface area contributed by atoms with Crippen molar-refractivity contribution in [3.63, 3.8) is 0 Å². The van der Waals surface area contributed by atoms with E-state index < -0.39 is 23.2 Å². The summed E-state index contributed by atoms with van der Waals surface area (Å²) in [5, 5.41) is 18.4. The fraction of sp³-hybridized carbons (Fsp3) is 0.857. The molecule has 2 N–H and O–H groups in total. The molecule has 1 fully saturated rings. The number of carbonyl (C=O) groups excluding carboxylic acids is 1. The van der Waals surface area contributed by atoms with E-state index in [1.54, 1.807) is 14.1 Å². The Morgan fingerprint density at radius 3 is 2.33 bits per heavy atom. The molecule has 0 unspecified atom stereocenters. The Morgan fingerprint density at radius 1 is 1.38 bits per heavy atom. The third-order valence-corrected chi connectivity index (χ3v) is 4.05. The zero-order valence-electron chi connectivity index (χ0n) is 13.4. The molecular formula is C14H26N2O5. The summed E-state index contributed by atoms with van der Waals surface area (Å²) in [6, 6.07) is 0. The van der Waals surface area contributed by atoms with E-state index in [1.807, 2.05) is 20.8 Å². The standard InChI is InChI=1S/C14H26N2O5/c1-13(2,3)14(11(18)15(4)5)8-10(21-7-6-17)9-16(14)12(19)20/h10,17H,6-9H2,1-5H3,(H,19,20)/t10-,14-/m1/s1. The maximum absolute atomic E-state index is 12.8. The van der Waals surface area contributed by atoms with Crippen LogP contribution in [-0.4, -0.2) is 77.5 Å². The van der Waals surface area contributed by atoms with Gasteiger partial charge in [-0.15, -0.1) is 0 Å². The number of hydrogen-bond donors (Lipinski definition) is 2. The fourth-order valence-electron chi connectivity index (χ4n) is 3.04. The highest BCUT2D eigenvalue weighted by Gasteiger charge is 2.60. The second-order valence-electron chi connectivity index (χ2n) is 6.62. The Hall–Kier alpha value is -1.34. The van der Waals surface area contributed by atoms with Crippen LogP contribution in [0, 0.1) is 5.41 Å². The minimum absolute atomic E-state index is 0.131. The molecule has 1 rings (SSSR count). The molecule has 0 aromatic rings. The van der Waals surface area contributed by atoms with Gasteiger partial charge in [-0.1, -0.05) is 20.8 Å². The first-order valence-electron chi connectivity index (χ1n) is 7.02. The van der Waals surface area contributed by atoms with Gasteiger partial charge in [0.25, 0.3) is 0 Å². The summed E-state index contributed by atoms with van der Waals surface area (Å²) in [5.74, 6) is -0.243. The minimum Gasteiger partial charge on any atom is -0.465 e. The molecule has 7 nitrogen and oxygen atoms in total. The molecule has 0 spiro atoms. The van der Waals surface area contributed by atoms with Crippen LogP contribution in [0.3, 0.4) is 0 Å². The van der Waals surface area contributed by atoms with Crippen molar-refractivity contribution in [1.29, 1.82) is 0 Å². The second-order valence-corrected chi connectivity index (χ2v) is 6.62. The average molecular weight is 302 g/mol. The first-order valence-corrected chi connectivity index (χ1v) is 7.02. The van der Waals surface area contributed by atoms with Crippen molar-refractivity contribution in [1.82, 2.24) is 9.80 Å². The lowest BCUT2D eigenvalue weighted by Crippen LogP contribution is -2.63. The van der Waals surface area contributed by atoms with E-state index in [9.17, 15) is 14.7 Å². The average Bonchev–Trinajstić information content (AvgIpc) is 2.75. The quantitative estimate of drug-likeness (QED) is 0.794. The SMILES string of the molecule is CN(C)C(=O)[C@@]1(C(C)(C)C)C[C@@H](OCCO)CN1C(=O)O. The third-order valence-electron chi connectivity index (χ3n) is 4.05. The van der Waals surface area contributed by atoms with E-state index in [1.165, 1.54) is 9.80 Å². The molecule has 0 saturated carbocycles. The highest BCUT2D eigenvalue weighted by atomic mass is 16.5. The number of aliphatic hydroxyl groups is 1.